The minimum Gasteiger partial charge on any atom is -0.487 e. The van der Waals surface area contributed by atoms with Gasteiger partial charge in [-0.2, -0.15) is 0 Å². The van der Waals surface area contributed by atoms with Gasteiger partial charge in [-0.25, -0.2) is 8.42 Å². The number of carbonyl (C=O) groups excluding carboxylic acids is 1. The Labute approximate surface area is 218 Å². The lowest BCUT2D eigenvalue weighted by Gasteiger charge is -2.41. The van der Waals surface area contributed by atoms with Gasteiger partial charge in [0.25, 0.3) is 5.91 Å². The van der Waals surface area contributed by atoms with Crippen molar-refractivity contribution in [1.29, 1.82) is 0 Å². The molecule has 0 saturated carbocycles. The van der Waals surface area contributed by atoms with Crippen LogP contribution in [0.25, 0.3) is 0 Å². The van der Waals surface area contributed by atoms with E-state index in [-0.39, 0.29) is 24.1 Å². The number of para-hydroxylation sites is 1. The lowest BCUT2D eigenvalue weighted by Crippen LogP contribution is -2.44. The number of carbonyl (C=O) groups is 1. The fourth-order valence-corrected chi connectivity index (χ4v) is 5.69. The maximum absolute atomic E-state index is 13.2. The van der Waals surface area contributed by atoms with Gasteiger partial charge in [0.15, 0.2) is 0 Å². The molecule has 6 nitrogen and oxygen atoms in total. The van der Waals surface area contributed by atoms with Gasteiger partial charge in [0.1, 0.15) is 11.4 Å². The van der Waals surface area contributed by atoms with Crippen LogP contribution in [-0.4, -0.2) is 26.2 Å². The van der Waals surface area contributed by atoms with Gasteiger partial charge in [0, 0.05) is 22.6 Å². The Bertz CT molecular complexity index is 1340. The summed E-state index contributed by atoms with van der Waals surface area (Å²) in [6.07, 6.45) is 3.56. The SMILES string of the molecule is CCC1(CC)CC(NC(=O)c2ccc(CN(c3cccc(Cl)c3)S(C)(=O)=O)cc2)c2ccccc2O1. The van der Waals surface area contributed by atoms with Crippen LogP contribution in [0.3, 0.4) is 0 Å². The van der Waals surface area contributed by atoms with E-state index in [2.05, 4.69) is 19.2 Å². The number of ether oxygens (including phenoxy) is 1. The molecule has 3 aromatic carbocycles. The Morgan fingerprint density at radius 2 is 1.75 bits per heavy atom. The number of rotatable bonds is 8. The second kappa shape index (κ2) is 10.5. The molecule has 190 valence electrons. The maximum atomic E-state index is 13.2. The largest absolute Gasteiger partial charge is 0.487 e. The van der Waals surface area contributed by atoms with Crippen molar-refractivity contribution in [3.05, 3.63) is 94.5 Å². The summed E-state index contributed by atoms with van der Waals surface area (Å²) < 4.78 is 32.6. The predicted octanol–water partition coefficient (Wildman–Crippen LogP) is 6.12. The van der Waals surface area contributed by atoms with Gasteiger partial charge >= 0.3 is 0 Å². The summed E-state index contributed by atoms with van der Waals surface area (Å²) in [6.45, 7) is 4.35. The summed E-state index contributed by atoms with van der Waals surface area (Å²) in [5.41, 5.74) is 2.41. The van der Waals surface area contributed by atoms with E-state index in [0.29, 0.717) is 22.7 Å². The average molecular weight is 527 g/mol. The molecule has 1 heterocycles. The van der Waals surface area contributed by atoms with Crippen molar-refractivity contribution in [1.82, 2.24) is 5.32 Å². The van der Waals surface area contributed by atoms with Crippen LogP contribution in [0, 0.1) is 0 Å². The number of nitrogens with zero attached hydrogens (tertiary/aromatic N) is 1. The molecule has 1 aliphatic heterocycles. The Hall–Kier alpha value is -3.03. The standard InChI is InChI=1S/C28H31ClN2O4S/c1-4-28(5-2)18-25(24-11-6-7-12-26(24)35-28)30-27(32)21-15-13-20(14-16-21)19-31(36(3,33)34)23-10-8-9-22(29)17-23/h6-17,25H,4-5,18-19H2,1-3H3,(H,30,32). The summed E-state index contributed by atoms with van der Waals surface area (Å²) >= 11 is 6.07. The summed E-state index contributed by atoms with van der Waals surface area (Å²) in [5.74, 6) is 0.633. The highest BCUT2D eigenvalue weighted by molar-refractivity contribution is 7.92. The highest BCUT2D eigenvalue weighted by Crippen LogP contribution is 2.42. The first-order valence-electron chi connectivity index (χ1n) is 12.0. The third-order valence-electron chi connectivity index (χ3n) is 6.83. The molecule has 0 aliphatic carbocycles. The second-order valence-corrected chi connectivity index (χ2v) is 11.5. The summed E-state index contributed by atoms with van der Waals surface area (Å²) in [5, 5.41) is 3.65. The molecule has 3 aromatic rings. The molecule has 36 heavy (non-hydrogen) atoms. The van der Waals surface area contributed by atoms with Gasteiger partial charge in [-0.15, -0.1) is 0 Å². The van der Waals surface area contributed by atoms with Gasteiger partial charge in [0.2, 0.25) is 10.0 Å². The molecule has 0 aromatic heterocycles. The first kappa shape index (κ1) is 26.0. The third-order valence-corrected chi connectivity index (χ3v) is 8.21. The van der Waals surface area contributed by atoms with E-state index in [0.717, 1.165) is 36.0 Å². The first-order chi connectivity index (χ1) is 17.1. The summed E-state index contributed by atoms with van der Waals surface area (Å²) in [4.78, 5) is 13.2. The highest BCUT2D eigenvalue weighted by atomic mass is 35.5. The normalized spacial score (nSPS) is 16.5. The molecule has 0 saturated heterocycles. The number of hydrogen-bond donors (Lipinski definition) is 1. The Morgan fingerprint density at radius 3 is 2.39 bits per heavy atom. The number of benzene rings is 3. The van der Waals surface area contributed by atoms with Crippen LogP contribution in [0.2, 0.25) is 5.02 Å². The number of hydrogen-bond acceptors (Lipinski definition) is 4. The maximum Gasteiger partial charge on any atom is 0.251 e. The van der Waals surface area contributed by atoms with Crippen molar-refractivity contribution >= 4 is 33.2 Å². The molecule has 0 bridgehead atoms. The van der Waals surface area contributed by atoms with Crippen LogP contribution in [0.4, 0.5) is 5.69 Å². The van der Waals surface area contributed by atoms with E-state index < -0.39 is 10.0 Å². The molecule has 4 rings (SSSR count). The van der Waals surface area contributed by atoms with E-state index in [4.69, 9.17) is 16.3 Å². The summed E-state index contributed by atoms with van der Waals surface area (Å²) in [7, 11) is -3.54. The smallest absolute Gasteiger partial charge is 0.251 e. The number of halogens is 1. The number of nitrogens with one attached hydrogen (secondary N) is 1. The van der Waals surface area contributed by atoms with Crippen molar-refractivity contribution in [2.75, 3.05) is 10.6 Å². The molecule has 1 unspecified atom stereocenters. The monoisotopic (exact) mass is 526 g/mol. The molecule has 1 atom stereocenters. The zero-order valence-electron chi connectivity index (χ0n) is 20.7. The molecule has 1 aliphatic rings. The molecule has 0 spiro atoms. The number of amides is 1. The zero-order valence-corrected chi connectivity index (χ0v) is 22.3. The average Bonchev–Trinajstić information content (AvgIpc) is 2.86. The second-order valence-electron chi connectivity index (χ2n) is 9.21. The Morgan fingerprint density at radius 1 is 1.06 bits per heavy atom. The molecular weight excluding hydrogens is 496 g/mol. The highest BCUT2D eigenvalue weighted by Gasteiger charge is 2.39. The van der Waals surface area contributed by atoms with E-state index >= 15 is 0 Å². The van der Waals surface area contributed by atoms with Crippen LogP contribution < -0.4 is 14.4 Å². The fraction of sp³-hybridized carbons (Fsp3) is 0.321. The van der Waals surface area contributed by atoms with E-state index in [1.165, 1.54) is 4.31 Å². The topological polar surface area (TPSA) is 75.7 Å². The van der Waals surface area contributed by atoms with Gasteiger partial charge in [-0.3, -0.25) is 9.10 Å². The predicted molar refractivity (Wildman–Crippen MR) is 144 cm³/mol. The van der Waals surface area contributed by atoms with Crippen molar-refractivity contribution in [3.63, 3.8) is 0 Å². The van der Waals surface area contributed by atoms with Gasteiger partial charge in [0.05, 0.1) is 24.5 Å². The van der Waals surface area contributed by atoms with Crippen LogP contribution in [0.15, 0.2) is 72.8 Å². The fourth-order valence-electron chi connectivity index (χ4n) is 4.63. The van der Waals surface area contributed by atoms with Crippen molar-refractivity contribution < 1.29 is 17.9 Å². The summed E-state index contributed by atoms with van der Waals surface area (Å²) in [6, 6.07) is 21.4. The van der Waals surface area contributed by atoms with Crippen LogP contribution in [0.5, 0.6) is 5.75 Å². The van der Waals surface area contributed by atoms with Gasteiger partial charge in [-0.05, 0) is 54.8 Å². The first-order valence-corrected chi connectivity index (χ1v) is 14.3. The zero-order chi connectivity index (χ0) is 25.9. The number of fused-ring (bicyclic) bond motifs is 1. The van der Waals surface area contributed by atoms with Crippen LogP contribution in [0.1, 0.15) is 60.6 Å². The molecule has 0 fully saturated rings. The van der Waals surface area contributed by atoms with Crippen molar-refractivity contribution in [2.24, 2.45) is 0 Å². The lowest BCUT2D eigenvalue weighted by atomic mass is 9.83. The number of sulfonamides is 1. The van der Waals surface area contributed by atoms with Crippen molar-refractivity contribution in [3.8, 4) is 5.75 Å². The number of anilines is 1. The molecule has 1 N–H and O–H groups in total. The lowest BCUT2D eigenvalue weighted by molar-refractivity contribution is 0.0227. The van der Waals surface area contributed by atoms with E-state index in [1.54, 1.807) is 48.5 Å². The van der Waals surface area contributed by atoms with E-state index in [1.807, 2.05) is 24.3 Å². The third kappa shape index (κ3) is 5.68. The van der Waals surface area contributed by atoms with Gasteiger partial charge in [-0.1, -0.05) is 61.8 Å². The minimum absolute atomic E-state index is 0.129. The molecular formula is C28H31ClN2O4S. The van der Waals surface area contributed by atoms with Crippen LogP contribution >= 0.6 is 11.6 Å². The molecule has 1 amide bonds. The Kier molecular flexibility index (Phi) is 7.62. The van der Waals surface area contributed by atoms with Crippen molar-refractivity contribution in [2.45, 2.75) is 51.3 Å². The molecule has 8 heteroatoms. The minimum atomic E-state index is -3.54. The van der Waals surface area contributed by atoms with Gasteiger partial charge < -0.3 is 10.1 Å². The molecule has 0 radical (unpaired) electrons. The Balaban J connectivity index is 1.52. The van der Waals surface area contributed by atoms with E-state index in [9.17, 15) is 13.2 Å². The van der Waals surface area contributed by atoms with Crippen LogP contribution in [-0.2, 0) is 16.6 Å². The quantitative estimate of drug-likeness (QED) is 0.383.